The number of halogens is 1. The van der Waals surface area contributed by atoms with Crippen molar-refractivity contribution in [1.29, 1.82) is 0 Å². The quantitative estimate of drug-likeness (QED) is 0.650. The van der Waals surface area contributed by atoms with E-state index in [0.29, 0.717) is 7.25 Å². The average Bonchev–Trinajstić information content (AvgIpc) is 3.19. The third kappa shape index (κ3) is 2.10. The third-order valence-corrected chi connectivity index (χ3v) is 20.8. The van der Waals surface area contributed by atoms with Crippen LogP contribution in [0.2, 0.25) is 0 Å². The zero-order chi connectivity index (χ0) is 15.2. The molecule has 0 bridgehead atoms. The molecule has 0 N–H and O–H groups in total. The van der Waals surface area contributed by atoms with Crippen molar-refractivity contribution in [1.82, 2.24) is 0 Å². The van der Waals surface area contributed by atoms with Crippen molar-refractivity contribution in [3.8, 4) is 0 Å². The van der Waals surface area contributed by atoms with Crippen molar-refractivity contribution in [3.63, 3.8) is 0 Å². The minimum atomic E-state index is -3.21. The van der Waals surface area contributed by atoms with E-state index in [1.165, 1.54) is 22.3 Å². The first-order valence-corrected chi connectivity index (χ1v) is 16.5. The van der Waals surface area contributed by atoms with Crippen molar-refractivity contribution >= 4 is 24.4 Å². The summed E-state index contributed by atoms with van der Waals surface area (Å²) in [5, 5.41) is 0. The molecule has 0 heterocycles. The number of rotatable bonds is 2. The molecule has 0 fully saturated rings. The van der Waals surface area contributed by atoms with E-state index in [9.17, 15) is 0 Å². The summed E-state index contributed by atoms with van der Waals surface area (Å²) in [7, 11) is 7.45. The second kappa shape index (κ2) is 5.55. The van der Waals surface area contributed by atoms with Crippen LogP contribution in [0.5, 0.6) is 0 Å². The van der Waals surface area contributed by atoms with Gasteiger partial charge in [0.05, 0.1) is 0 Å². The molecule has 0 saturated carbocycles. The second-order valence-corrected chi connectivity index (χ2v) is 20.7. The number of fused-ring (bicyclic) bond motifs is 2. The zero-order valence-corrected chi connectivity index (χ0v) is 16.2. The summed E-state index contributed by atoms with van der Waals surface area (Å²) < 4.78 is 3.24. The predicted molar refractivity (Wildman–Crippen MR) is 95.4 cm³/mol. The van der Waals surface area contributed by atoms with E-state index >= 15 is 0 Å². The Morgan fingerprint density at radius 1 is 0.818 bits per heavy atom. The van der Waals surface area contributed by atoms with Crippen LogP contribution in [0.3, 0.4) is 0 Å². The van der Waals surface area contributed by atoms with Gasteiger partial charge in [-0.25, -0.2) is 0 Å². The molecule has 0 radical (unpaired) electrons. The first kappa shape index (κ1) is 14.5. The van der Waals surface area contributed by atoms with Crippen molar-refractivity contribution in [2.75, 3.05) is 0 Å². The Kier molecular flexibility index (Phi) is 3.67. The Balaban J connectivity index is 1.84. The maximum atomic E-state index is 7.45. The second-order valence-electron chi connectivity index (χ2n) is 6.32. The molecule has 0 aliphatic heterocycles. The van der Waals surface area contributed by atoms with Gasteiger partial charge in [-0.15, -0.1) is 0 Å². The molecule has 2 unspecified atom stereocenters. The molecule has 0 saturated heterocycles. The van der Waals surface area contributed by atoms with Gasteiger partial charge in [0, 0.05) is 0 Å². The molecule has 2 aliphatic rings. The Bertz CT molecular complexity index is 779. The predicted octanol–water partition coefficient (Wildman–Crippen LogP) is 5.38. The fourth-order valence-corrected chi connectivity index (χ4v) is 16.2. The summed E-state index contributed by atoms with van der Waals surface area (Å²) in [6.45, 7) is 2.18. The molecule has 2 heteroatoms. The standard InChI is InChI=1S/2C9H7.C2H4.ClH.Zr.H/c2*1-2-5-9-7-3-6-8(9)4-1;1-2;;;/h2*1-7H;1H,2H3;1H;;/q;;;;+1;/p-1. The molecule has 2 atom stereocenters. The van der Waals surface area contributed by atoms with Crippen molar-refractivity contribution < 1.29 is 18.6 Å². The maximum absolute atomic E-state index is 7.45. The van der Waals surface area contributed by atoms with E-state index < -0.39 is 18.6 Å². The van der Waals surface area contributed by atoms with Crippen molar-refractivity contribution in [2.24, 2.45) is 0 Å². The van der Waals surface area contributed by atoms with Crippen LogP contribution in [0.4, 0.5) is 0 Å². The summed E-state index contributed by atoms with van der Waals surface area (Å²) in [5.74, 6) is 0. The van der Waals surface area contributed by atoms with Gasteiger partial charge in [-0.05, 0) is 0 Å². The summed E-state index contributed by atoms with van der Waals surface area (Å²) in [4.78, 5) is 0. The molecular formula is C20H19ClZr. The third-order valence-electron chi connectivity index (χ3n) is 5.29. The molecule has 0 nitrogen and oxygen atoms in total. The fraction of sp³-hybridized carbons (Fsp3) is 0.150. The first-order valence-electron chi connectivity index (χ1n) is 7.94. The Labute approximate surface area is 139 Å². The minimum absolute atomic E-state index is 0.425. The van der Waals surface area contributed by atoms with Crippen LogP contribution < -0.4 is 0 Å². The molecule has 0 amide bonds. The topological polar surface area (TPSA) is 0 Å². The average molecular weight is 386 g/mol. The van der Waals surface area contributed by atoms with Crippen LogP contribution in [0.1, 0.15) is 36.4 Å². The van der Waals surface area contributed by atoms with Gasteiger partial charge in [0.2, 0.25) is 0 Å². The molecule has 4 rings (SSSR count). The van der Waals surface area contributed by atoms with Crippen LogP contribution in [-0.4, -0.2) is 3.71 Å². The van der Waals surface area contributed by atoms with E-state index in [1.54, 1.807) is 0 Å². The Morgan fingerprint density at radius 2 is 1.27 bits per heavy atom. The number of hydrogen-bond donors (Lipinski definition) is 0. The number of benzene rings is 2. The normalized spacial score (nSPS) is 21.7. The molecule has 0 aromatic heterocycles. The van der Waals surface area contributed by atoms with E-state index in [0.717, 1.165) is 0 Å². The molecule has 110 valence electrons. The molecule has 2 aliphatic carbocycles. The van der Waals surface area contributed by atoms with E-state index in [4.69, 9.17) is 8.51 Å². The summed E-state index contributed by atoms with van der Waals surface area (Å²) in [6, 6.07) is 17.4. The zero-order valence-electron chi connectivity index (χ0n) is 12.6. The fourth-order valence-electron chi connectivity index (χ4n) is 4.08. The van der Waals surface area contributed by atoms with E-state index in [1.807, 2.05) is 0 Å². The number of hydrogen-bond acceptors (Lipinski definition) is 0. The van der Waals surface area contributed by atoms with E-state index in [2.05, 4.69) is 83.5 Å². The van der Waals surface area contributed by atoms with Gasteiger partial charge < -0.3 is 0 Å². The van der Waals surface area contributed by atoms with Gasteiger partial charge in [0.25, 0.3) is 0 Å². The van der Waals surface area contributed by atoms with Crippen molar-refractivity contribution in [2.45, 2.75) is 14.2 Å². The van der Waals surface area contributed by atoms with Gasteiger partial charge in [0.15, 0.2) is 0 Å². The molecule has 22 heavy (non-hydrogen) atoms. The van der Waals surface area contributed by atoms with Gasteiger partial charge in [-0.3, -0.25) is 0 Å². The van der Waals surface area contributed by atoms with Gasteiger partial charge in [0.1, 0.15) is 0 Å². The van der Waals surface area contributed by atoms with Gasteiger partial charge in [-0.2, -0.15) is 0 Å². The molecule has 2 aromatic carbocycles. The summed E-state index contributed by atoms with van der Waals surface area (Å²) in [6.07, 6.45) is 9.22. The first-order chi connectivity index (χ1) is 10.7. The van der Waals surface area contributed by atoms with Gasteiger partial charge >= 0.3 is 140 Å². The molecule has 0 spiro atoms. The SMILES string of the molecule is C[CH]=[ZrH]([Cl])([CH]1C=Cc2ccccc21)[CH]1C=Cc2ccccc21. The monoisotopic (exact) mass is 384 g/mol. The van der Waals surface area contributed by atoms with Crippen LogP contribution in [0, 0.1) is 0 Å². The van der Waals surface area contributed by atoms with Crippen LogP contribution in [-0.2, 0) is 18.6 Å². The Morgan fingerprint density at radius 3 is 1.73 bits per heavy atom. The van der Waals surface area contributed by atoms with Crippen LogP contribution in [0.15, 0.2) is 60.7 Å². The van der Waals surface area contributed by atoms with E-state index in [-0.39, 0.29) is 0 Å². The van der Waals surface area contributed by atoms with Crippen molar-refractivity contribution in [3.05, 3.63) is 82.9 Å². The van der Waals surface area contributed by atoms with Crippen LogP contribution >= 0.6 is 8.51 Å². The van der Waals surface area contributed by atoms with Crippen LogP contribution in [0.25, 0.3) is 12.2 Å². The number of allylic oxidation sites excluding steroid dienone is 2. The summed E-state index contributed by atoms with van der Waals surface area (Å²) >= 11 is -3.21. The Hall–Kier alpha value is -1.04. The summed E-state index contributed by atoms with van der Waals surface area (Å²) in [5.41, 5.74) is 5.53. The van der Waals surface area contributed by atoms with Gasteiger partial charge in [-0.1, -0.05) is 0 Å². The molecule has 2 aromatic rings. The molecular weight excluding hydrogens is 367 g/mol.